The molecule has 2 aromatic carbocycles. The molecule has 4 aromatic rings. The van der Waals surface area contributed by atoms with Crippen LogP contribution in [0.25, 0.3) is 22.5 Å². The molecule has 0 aliphatic rings. The van der Waals surface area contributed by atoms with Crippen LogP contribution >= 0.6 is 0 Å². The Hall–Kier alpha value is -5.67. The molecule has 4 rings (SSSR count). The van der Waals surface area contributed by atoms with Crippen molar-refractivity contribution < 1.29 is 32.9 Å². The van der Waals surface area contributed by atoms with Crippen LogP contribution in [0, 0.1) is 20.2 Å². The second-order valence-electron chi connectivity index (χ2n) is 8.32. The van der Waals surface area contributed by atoms with Gasteiger partial charge in [0.15, 0.2) is 0 Å². The van der Waals surface area contributed by atoms with E-state index in [-0.39, 0.29) is 52.9 Å². The summed E-state index contributed by atoms with van der Waals surface area (Å²) in [6.07, 6.45) is -3.53. The molecule has 0 saturated heterocycles. The number of carboxylic acids is 1. The quantitative estimate of drug-likeness (QED) is 0.128. The van der Waals surface area contributed by atoms with E-state index in [1.54, 1.807) is 0 Å². The van der Waals surface area contributed by atoms with Crippen molar-refractivity contribution in [1.29, 1.82) is 0 Å². The summed E-state index contributed by atoms with van der Waals surface area (Å²) in [5.74, 6) is -1.20. The van der Waals surface area contributed by atoms with Crippen LogP contribution in [0.15, 0.2) is 66.9 Å². The van der Waals surface area contributed by atoms with Gasteiger partial charge < -0.3 is 15.7 Å². The topological polar surface area (TPSA) is 186 Å². The van der Waals surface area contributed by atoms with Crippen molar-refractivity contribution >= 4 is 29.1 Å². The SMILES string of the molecule is O=C(O)c1c(-c2ccc([N+](=O)[O-])cc2)nc(NCCNc2ccc([N+](=O)[O-])cn2)nc1-c1ccc(C(F)(F)F)cc1. The molecule has 0 unspecified atom stereocenters. The van der Waals surface area contributed by atoms with Crippen LogP contribution < -0.4 is 10.6 Å². The van der Waals surface area contributed by atoms with Gasteiger partial charge in [0.25, 0.3) is 11.4 Å². The molecule has 0 radical (unpaired) electrons. The van der Waals surface area contributed by atoms with Gasteiger partial charge in [0.1, 0.15) is 17.6 Å². The first kappa shape index (κ1) is 28.3. The number of carboxylic acid groups (broad SMARTS) is 1. The lowest BCUT2D eigenvalue weighted by Crippen LogP contribution is -2.17. The first-order valence-corrected chi connectivity index (χ1v) is 11.6. The number of nitrogens with one attached hydrogen (secondary N) is 2. The average Bonchev–Trinajstić information content (AvgIpc) is 2.94. The summed E-state index contributed by atoms with van der Waals surface area (Å²) in [5.41, 5.74) is -1.82. The third-order valence-electron chi connectivity index (χ3n) is 5.63. The molecule has 13 nitrogen and oxygen atoms in total. The van der Waals surface area contributed by atoms with Gasteiger partial charge in [-0.25, -0.2) is 19.7 Å². The van der Waals surface area contributed by atoms with Gasteiger partial charge in [-0.3, -0.25) is 20.2 Å². The number of benzene rings is 2. The molecule has 2 heterocycles. The van der Waals surface area contributed by atoms with E-state index in [2.05, 4.69) is 25.6 Å². The number of aromatic carboxylic acids is 1. The van der Waals surface area contributed by atoms with Gasteiger partial charge in [-0.1, -0.05) is 12.1 Å². The Morgan fingerprint density at radius 3 is 1.78 bits per heavy atom. The number of rotatable bonds is 10. The Kier molecular flexibility index (Phi) is 8.02. The second-order valence-corrected chi connectivity index (χ2v) is 8.32. The molecule has 0 spiro atoms. The predicted octanol–water partition coefficient (Wildman–Crippen LogP) is 5.26. The Labute approximate surface area is 228 Å². The number of nitrogens with zero attached hydrogens (tertiary/aromatic N) is 5. The van der Waals surface area contributed by atoms with E-state index >= 15 is 0 Å². The van der Waals surface area contributed by atoms with Gasteiger partial charge in [-0.2, -0.15) is 13.2 Å². The van der Waals surface area contributed by atoms with Crippen molar-refractivity contribution in [1.82, 2.24) is 15.0 Å². The number of non-ortho nitro benzene ring substituents is 1. The Morgan fingerprint density at radius 2 is 1.32 bits per heavy atom. The highest BCUT2D eigenvalue weighted by Gasteiger charge is 2.30. The minimum absolute atomic E-state index is 0.0669. The number of carbonyl (C=O) groups is 1. The third-order valence-corrected chi connectivity index (χ3v) is 5.63. The molecule has 210 valence electrons. The number of pyridine rings is 1. The van der Waals surface area contributed by atoms with E-state index < -0.39 is 33.1 Å². The average molecular weight is 569 g/mol. The second kappa shape index (κ2) is 11.6. The molecular formula is C25H18F3N7O6. The van der Waals surface area contributed by atoms with Crippen molar-refractivity contribution in [3.05, 3.63) is 98.2 Å². The van der Waals surface area contributed by atoms with Gasteiger partial charge in [-0.05, 0) is 30.3 Å². The maximum Gasteiger partial charge on any atom is 0.416 e. The van der Waals surface area contributed by atoms with E-state index in [0.717, 1.165) is 42.6 Å². The van der Waals surface area contributed by atoms with Crippen molar-refractivity contribution in [3.63, 3.8) is 0 Å². The molecule has 3 N–H and O–H groups in total. The first-order valence-electron chi connectivity index (χ1n) is 11.6. The van der Waals surface area contributed by atoms with Crippen molar-refractivity contribution in [3.8, 4) is 22.5 Å². The van der Waals surface area contributed by atoms with Crippen LogP contribution in [0.4, 0.5) is 36.3 Å². The lowest BCUT2D eigenvalue weighted by Gasteiger charge is -2.15. The molecule has 16 heteroatoms. The van der Waals surface area contributed by atoms with Crippen molar-refractivity contribution in [2.45, 2.75) is 6.18 Å². The molecule has 0 aliphatic heterocycles. The molecule has 0 atom stereocenters. The Balaban J connectivity index is 1.68. The van der Waals surface area contributed by atoms with E-state index in [0.29, 0.717) is 5.82 Å². The van der Waals surface area contributed by atoms with Crippen LogP contribution in [0.1, 0.15) is 15.9 Å². The fraction of sp³-hybridized carbons (Fsp3) is 0.120. The van der Waals surface area contributed by atoms with Crippen LogP contribution in [0.2, 0.25) is 0 Å². The van der Waals surface area contributed by atoms with Gasteiger partial charge in [0.2, 0.25) is 5.95 Å². The molecule has 0 bridgehead atoms. The molecule has 41 heavy (non-hydrogen) atoms. The fourth-order valence-electron chi connectivity index (χ4n) is 3.68. The highest BCUT2D eigenvalue weighted by atomic mass is 19.4. The van der Waals surface area contributed by atoms with Gasteiger partial charge >= 0.3 is 12.1 Å². The predicted molar refractivity (Wildman–Crippen MR) is 139 cm³/mol. The summed E-state index contributed by atoms with van der Waals surface area (Å²) >= 11 is 0. The van der Waals surface area contributed by atoms with Crippen molar-refractivity contribution in [2.24, 2.45) is 0 Å². The molecule has 0 aliphatic carbocycles. The van der Waals surface area contributed by atoms with E-state index in [4.69, 9.17) is 0 Å². The maximum atomic E-state index is 13.1. The van der Waals surface area contributed by atoms with Crippen LogP contribution in [0.3, 0.4) is 0 Å². The van der Waals surface area contributed by atoms with Gasteiger partial charge in [-0.15, -0.1) is 0 Å². The monoisotopic (exact) mass is 569 g/mol. The minimum Gasteiger partial charge on any atom is -0.478 e. The minimum atomic E-state index is -4.61. The van der Waals surface area contributed by atoms with Gasteiger partial charge in [0, 0.05) is 42.4 Å². The summed E-state index contributed by atoms with van der Waals surface area (Å²) < 4.78 is 39.3. The Bertz CT molecular complexity index is 1600. The summed E-state index contributed by atoms with van der Waals surface area (Å²) in [4.78, 5) is 45.4. The van der Waals surface area contributed by atoms with Crippen LogP contribution in [0.5, 0.6) is 0 Å². The largest absolute Gasteiger partial charge is 0.478 e. The van der Waals surface area contributed by atoms with Crippen LogP contribution in [-0.4, -0.2) is 49.0 Å². The van der Waals surface area contributed by atoms with E-state index in [1.807, 2.05) is 0 Å². The molecular weight excluding hydrogens is 551 g/mol. The number of anilines is 2. The molecule has 0 amide bonds. The van der Waals surface area contributed by atoms with Crippen LogP contribution in [-0.2, 0) is 6.18 Å². The zero-order chi connectivity index (χ0) is 29.7. The number of nitro groups is 2. The van der Waals surface area contributed by atoms with Crippen molar-refractivity contribution in [2.75, 3.05) is 23.7 Å². The standard InChI is InChI=1S/C25H18F3N7O6/c26-25(27,28)16-5-1-14(2-6-16)21-20(23(36)37)22(15-3-7-17(8-4-15)34(38)39)33-24(32-21)30-12-11-29-19-10-9-18(13-31-19)35(40)41/h1-10,13H,11-12H2,(H,29,31)(H,36,37)(H,30,32,33). The highest BCUT2D eigenvalue weighted by Crippen LogP contribution is 2.34. The van der Waals surface area contributed by atoms with Gasteiger partial charge in [0.05, 0.1) is 26.8 Å². The first-order chi connectivity index (χ1) is 19.4. The maximum absolute atomic E-state index is 13.1. The normalized spacial score (nSPS) is 11.1. The fourth-order valence-corrected chi connectivity index (χ4v) is 3.68. The number of halogens is 3. The smallest absolute Gasteiger partial charge is 0.416 e. The molecule has 2 aromatic heterocycles. The Morgan fingerprint density at radius 1 is 0.805 bits per heavy atom. The number of nitro benzene ring substituents is 1. The summed E-state index contributed by atoms with van der Waals surface area (Å²) in [5, 5.41) is 37.7. The number of hydrogen-bond donors (Lipinski definition) is 3. The molecule has 0 fully saturated rings. The number of aromatic nitrogens is 3. The summed E-state index contributed by atoms with van der Waals surface area (Å²) in [6.45, 7) is 0.370. The summed E-state index contributed by atoms with van der Waals surface area (Å²) in [7, 11) is 0. The third kappa shape index (κ3) is 6.67. The lowest BCUT2D eigenvalue weighted by atomic mass is 9.99. The highest BCUT2D eigenvalue weighted by molar-refractivity contribution is 6.01. The molecule has 0 saturated carbocycles. The van der Waals surface area contributed by atoms with E-state index in [9.17, 15) is 43.3 Å². The summed E-state index contributed by atoms with van der Waals surface area (Å²) in [6, 6.07) is 11.4. The van der Waals surface area contributed by atoms with E-state index in [1.165, 1.54) is 24.3 Å². The zero-order valence-corrected chi connectivity index (χ0v) is 20.6. The zero-order valence-electron chi connectivity index (χ0n) is 20.6. The number of hydrogen-bond acceptors (Lipinski definition) is 10. The number of alkyl halides is 3. The lowest BCUT2D eigenvalue weighted by molar-refractivity contribution is -0.385.